The number of carbonyl (C=O) groups is 1. The van der Waals surface area contributed by atoms with Crippen molar-refractivity contribution in [3.05, 3.63) is 59.4 Å². The molecule has 0 bridgehead atoms. The number of fused-ring (bicyclic) bond motifs is 2. The lowest BCUT2D eigenvalue weighted by Crippen LogP contribution is -2.19. The molecule has 3 aromatic rings. The largest absolute Gasteiger partial charge is 0.370 e. The minimum Gasteiger partial charge on any atom is -0.370 e. The van der Waals surface area contributed by atoms with Crippen LogP contribution in [0.4, 0.5) is 11.5 Å². The van der Waals surface area contributed by atoms with Crippen LogP contribution in [-0.4, -0.2) is 33.4 Å². The highest BCUT2D eigenvalue weighted by Crippen LogP contribution is 2.37. The normalized spacial score (nSPS) is 16.2. The van der Waals surface area contributed by atoms with Gasteiger partial charge in [0.25, 0.3) is 5.91 Å². The first kappa shape index (κ1) is 17.1. The molecule has 2 heterocycles. The van der Waals surface area contributed by atoms with Crippen LogP contribution in [0.3, 0.4) is 0 Å². The van der Waals surface area contributed by atoms with Crippen molar-refractivity contribution < 1.29 is 4.79 Å². The molecular weight excluding hydrogens is 350 g/mol. The van der Waals surface area contributed by atoms with E-state index in [1.54, 1.807) is 0 Å². The van der Waals surface area contributed by atoms with Crippen molar-refractivity contribution in [1.29, 1.82) is 0 Å². The first-order valence-electron chi connectivity index (χ1n) is 9.87. The Morgan fingerprint density at radius 3 is 2.89 bits per heavy atom. The monoisotopic (exact) mass is 373 g/mol. The first-order chi connectivity index (χ1) is 13.7. The summed E-state index contributed by atoms with van der Waals surface area (Å²) in [6.07, 6.45) is 4.12. The molecule has 0 spiro atoms. The molecule has 0 unspecified atom stereocenters. The van der Waals surface area contributed by atoms with Gasteiger partial charge in [-0.25, -0.2) is 9.97 Å². The van der Waals surface area contributed by atoms with Gasteiger partial charge in [-0.3, -0.25) is 9.69 Å². The third-order valence-electron chi connectivity index (χ3n) is 5.56. The van der Waals surface area contributed by atoms with Crippen LogP contribution in [0, 0.1) is 0 Å². The highest BCUT2D eigenvalue weighted by molar-refractivity contribution is 6.07. The average Bonchev–Trinajstić information content (AvgIpc) is 3.47. The fourth-order valence-electron chi connectivity index (χ4n) is 3.96. The van der Waals surface area contributed by atoms with E-state index in [0.29, 0.717) is 5.56 Å². The van der Waals surface area contributed by atoms with Crippen LogP contribution in [0.1, 0.15) is 41.3 Å². The van der Waals surface area contributed by atoms with E-state index < -0.39 is 0 Å². The van der Waals surface area contributed by atoms with Crippen molar-refractivity contribution in [2.24, 2.45) is 0 Å². The Morgan fingerprint density at radius 2 is 2.07 bits per heavy atom. The second kappa shape index (κ2) is 6.87. The summed E-state index contributed by atoms with van der Waals surface area (Å²) in [6.45, 7) is 4.72. The summed E-state index contributed by atoms with van der Waals surface area (Å²) in [6, 6.07) is 12.5. The number of carbonyl (C=O) groups excluding carboxylic acids is 1. The van der Waals surface area contributed by atoms with E-state index in [-0.39, 0.29) is 5.91 Å². The van der Waals surface area contributed by atoms with Crippen LogP contribution in [-0.2, 0) is 13.1 Å². The van der Waals surface area contributed by atoms with Crippen molar-refractivity contribution >= 4 is 28.3 Å². The summed E-state index contributed by atoms with van der Waals surface area (Å²) >= 11 is 0. The van der Waals surface area contributed by atoms with Crippen molar-refractivity contribution in [3.63, 3.8) is 0 Å². The Bertz CT molecular complexity index is 1060. The van der Waals surface area contributed by atoms with Crippen LogP contribution in [0.15, 0.2) is 42.7 Å². The third-order valence-corrected chi connectivity index (χ3v) is 5.56. The topological polar surface area (TPSA) is 70.1 Å². The van der Waals surface area contributed by atoms with E-state index >= 15 is 0 Å². The second-order valence-corrected chi connectivity index (χ2v) is 7.52. The molecule has 0 saturated heterocycles. The van der Waals surface area contributed by atoms with Crippen molar-refractivity contribution in [1.82, 2.24) is 14.9 Å². The molecule has 0 radical (unpaired) electrons. The molecule has 1 amide bonds. The Labute approximate surface area is 164 Å². The maximum atomic E-state index is 12.9. The van der Waals surface area contributed by atoms with Crippen molar-refractivity contribution in [2.75, 3.05) is 17.2 Å². The molecule has 1 saturated carbocycles. The number of nitrogens with one attached hydrogen (secondary N) is 2. The van der Waals surface area contributed by atoms with Gasteiger partial charge >= 0.3 is 0 Å². The van der Waals surface area contributed by atoms with Gasteiger partial charge in [-0.15, -0.1) is 0 Å². The fraction of sp³-hybridized carbons (Fsp3) is 0.318. The average molecular weight is 373 g/mol. The number of aromatic nitrogens is 2. The summed E-state index contributed by atoms with van der Waals surface area (Å²) in [5, 5.41) is 7.27. The molecule has 2 aromatic carbocycles. The summed E-state index contributed by atoms with van der Waals surface area (Å²) in [5.74, 6) is 0.685. The number of rotatable bonds is 5. The predicted octanol–water partition coefficient (Wildman–Crippen LogP) is 3.79. The van der Waals surface area contributed by atoms with Crippen molar-refractivity contribution in [2.45, 2.75) is 38.9 Å². The van der Waals surface area contributed by atoms with Crippen LogP contribution in [0.5, 0.6) is 0 Å². The SMILES string of the molecule is CCNc1ncnc2cc(C(=O)Nc3cccc4c3CN(C3CC3)C4)ccc12. The van der Waals surface area contributed by atoms with E-state index in [1.807, 2.05) is 37.3 Å². The number of hydrogen-bond acceptors (Lipinski definition) is 5. The minimum absolute atomic E-state index is 0.108. The second-order valence-electron chi connectivity index (χ2n) is 7.52. The predicted molar refractivity (Wildman–Crippen MR) is 110 cm³/mol. The number of amides is 1. The molecule has 5 rings (SSSR count). The van der Waals surface area contributed by atoms with Gasteiger partial charge in [-0.05, 0) is 55.2 Å². The molecule has 28 heavy (non-hydrogen) atoms. The first-order valence-corrected chi connectivity index (χ1v) is 9.87. The van der Waals surface area contributed by atoms with E-state index in [4.69, 9.17) is 0 Å². The van der Waals surface area contributed by atoms with Gasteiger partial charge in [-0.1, -0.05) is 12.1 Å². The number of anilines is 2. The number of benzene rings is 2. The van der Waals surface area contributed by atoms with Crippen LogP contribution >= 0.6 is 0 Å². The zero-order valence-electron chi connectivity index (χ0n) is 15.9. The van der Waals surface area contributed by atoms with Gasteiger partial charge < -0.3 is 10.6 Å². The van der Waals surface area contributed by atoms with E-state index in [1.165, 1.54) is 30.3 Å². The van der Waals surface area contributed by atoms with Gasteiger partial charge in [-0.2, -0.15) is 0 Å². The zero-order valence-corrected chi connectivity index (χ0v) is 15.9. The highest BCUT2D eigenvalue weighted by Gasteiger charge is 2.33. The standard InChI is InChI=1S/C22H23N5O/c1-2-23-21-17-9-6-14(10-20(17)24-13-25-21)22(28)26-19-5-3-4-15-11-27(12-18(15)19)16-7-8-16/h3-6,9-10,13,16H,2,7-8,11-12H2,1H3,(H,26,28)(H,23,24,25). The Balaban J connectivity index is 1.40. The Morgan fingerprint density at radius 1 is 1.18 bits per heavy atom. The summed E-state index contributed by atoms with van der Waals surface area (Å²) < 4.78 is 0. The minimum atomic E-state index is -0.108. The van der Waals surface area contributed by atoms with Gasteiger partial charge in [0.15, 0.2) is 0 Å². The van der Waals surface area contributed by atoms with E-state index in [0.717, 1.165) is 48.1 Å². The summed E-state index contributed by atoms with van der Waals surface area (Å²) in [5.41, 5.74) is 4.86. The summed E-state index contributed by atoms with van der Waals surface area (Å²) in [7, 11) is 0. The molecule has 2 aliphatic rings. The lowest BCUT2D eigenvalue weighted by atomic mass is 10.1. The van der Waals surface area contributed by atoms with Crippen molar-refractivity contribution in [3.8, 4) is 0 Å². The van der Waals surface area contributed by atoms with Gasteiger partial charge in [0.05, 0.1) is 5.52 Å². The highest BCUT2D eigenvalue weighted by atomic mass is 16.1. The van der Waals surface area contributed by atoms with Gasteiger partial charge in [0.1, 0.15) is 12.1 Å². The smallest absolute Gasteiger partial charge is 0.255 e. The molecule has 0 atom stereocenters. The maximum Gasteiger partial charge on any atom is 0.255 e. The lowest BCUT2D eigenvalue weighted by Gasteiger charge is -2.13. The lowest BCUT2D eigenvalue weighted by molar-refractivity contribution is 0.102. The molecule has 6 heteroatoms. The van der Waals surface area contributed by atoms with Gasteiger partial charge in [0, 0.05) is 42.3 Å². The molecule has 6 nitrogen and oxygen atoms in total. The van der Waals surface area contributed by atoms with E-state index in [9.17, 15) is 4.79 Å². The Hall–Kier alpha value is -2.99. The molecule has 1 aliphatic heterocycles. The zero-order chi connectivity index (χ0) is 19.1. The number of nitrogens with zero attached hydrogens (tertiary/aromatic N) is 3. The molecule has 142 valence electrons. The molecule has 1 aliphatic carbocycles. The fourth-order valence-corrected chi connectivity index (χ4v) is 3.96. The molecular formula is C22H23N5O. The molecule has 1 aromatic heterocycles. The Kier molecular flexibility index (Phi) is 4.20. The molecule has 1 fully saturated rings. The quantitative estimate of drug-likeness (QED) is 0.712. The van der Waals surface area contributed by atoms with Crippen LogP contribution in [0.25, 0.3) is 10.9 Å². The van der Waals surface area contributed by atoms with E-state index in [2.05, 4.69) is 31.6 Å². The van der Waals surface area contributed by atoms with Gasteiger partial charge in [0.2, 0.25) is 0 Å². The maximum absolute atomic E-state index is 12.9. The van der Waals surface area contributed by atoms with Crippen LogP contribution in [0.2, 0.25) is 0 Å². The van der Waals surface area contributed by atoms with Crippen LogP contribution < -0.4 is 10.6 Å². The third kappa shape index (κ3) is 3.10. The summed E-state index contributed by atoms with van der Waals surface area (Å²) in [4.78, 5) is 24.0. The number of hydrogen-bond donors (Lipinski definition) is 2. The molecule has 2 N–H and O–H groups in total.